The molecular weight excluding hydrogens is 128 g/mol. The average molecular weight is 129 g/mol. The summed E-state index contributed by atoms with van der Waals surface area (Å²) >= 11 is 4.46. The fourth-order valence-electron chi connectivity index (χ4n) is 0.192. The Labute approximate surface area is 43.3 Å². The van der Waals surface area contributed by atoms with Gasteiger partial charge in [-0.25, -0.2) is 13.2 Å². The maximum atomic E-state index is 11.5. The van der Waals surface area contributed by atoms with Crippen LogP contribution in [-0.2, 0) is 0 Å². The summed E-state index contributed by atoms with van der Waals surface area (Å²) in [6.45, 7) is 0. The van der Waals surface area contributed by atoms with Crippen LogP contribution >= 0.6 is 11.6 Å². The predicted octanol–water partition coefficient (Wildman–Crippen LogP) is 1.74. The van der Waals surface area contributed by atoms with Crippen LogP contribution in [0.1, 0.15) is 0 Å². The van der Waals surface area contributed by atoms with Crippen LogP contribution in [0.4, 0.5) is 13.2 Å². The fourth-order valence-corrected chi connectivity index (χ4v) is 0.329. The van der Waals surface area contributed by atoms with Crippen LogP contribution in [0.25, 0.3) is 0 Å². The van der Waals surface area contributed by atoms with Gasteiger partial charge >= 0.3 is 5.92 Å². The molecule has 0 bridgehead atoms. The summed E-state index contributed by atoms with van der Waals surface area (Å²) in [6, 6.07) is 0. The monoisotopic (exact) mass is 129 g/mol. The summed E-state index contributed by atoms with van der Waals surface area (Å²) in [7, 11) is 0. The molecule has 0 N–H and O–H groups in total. The van der Waals surface area contributed by atoms with Gasteiger partial charge in [-0.05, 0) is 0 Å². The van der Waals surface area contributed by atoms with E-state index in [2.05, 4.69) is 11.6 Å². The van der Waals surface area contributed by atoms with Gasteiger partial charge in [0.05, 0.1) is 6.42 Å². The first kappa shape index (κ1) is 5.22. The van der Waals surface area contributed by atoms with Crippen molar-refractivity contribution in [1.29, 1.82) is 0 Å². The maximum Gasteiger partial charge on any atom is 0.303 e. The normalized spacial score (nSPS) is 46.3. The number of halogens is 4. The third-order valence-electron chi connectivity index (χ3n) is 0.724. The lowest BCUT2D eigenvalue weighted by atomic mass is 10.8. The molecule has 1 atom stereocenters. The minimum Gasteiger partial charge on any atom is -0.219 e. The Hall–Kier alpha value is 0.0800. The number of alkyl halides is 4. The third kappa shape index (κ3) is 0.592. The van der Waals surface area contributed by atoms with E-state index in [1.54, 1.807) is 0 Å². The predicted molar refractivity (Wildman–Crippen MR) is 18.9 cm³/mol. The van der Waals surface area contributed by atoms with E-state index in [-0.39, 0.29) is 6.42 Å². The minimum atomic E-state index is -3.38. The Morgan fingerprint density at radius 1 is 1.29 bits per heavy atom. The van der Waals surface area contributed by atoms with Gasteiger partial charge in [0.1, 0.15) is 0 Å². The zero-order valence-corrected chi connectivity index (χ0v) is 3.85. The Morgan fingerprint density at radius 3 is 1.43 bits per heavy atom. The van der Waals surface area contributed by atoms with Crippen LogP contribution < -0.4 is 0 Å². The summed E-state index contributed by atoms with van der Waals surface area (Å²) in [5.74, 6) is -3.38. The van der Waals surface area contributed by atoms with Gasteiger partial charge in [0.25, 0.3) is 5.13 Å². The van der Waals surface area contributed by atoms with Crippen molar-refractivity contribution >= 4 is 11.6 Å². The molecule has 1 rings (SSSR count). The minimum absolute atomic E-state index is 0.140. The number of rotatable bonds is 0. The Balaban J connectivity index is 2.59. The van der Waals surface area contributed by atoms with Gasteiger partial charge in [-0.15, -0.1) is 0 Å². The van der Waals surface area contributed by atoms with Crippen molar-refractivity contribution < 1.29 is 13.2 Å². The second-order valence-electron chi connectivity index (χ2n) is 1.39. The van der Waals surface area contributed by atoms with E-state index in [9.17, 15) is 13.2 Å². The topological polar surface area (TPSA) is 0 Å². The third-order valence-corrected chi connectivity index (χ3v) is 1.08. The van der Waals surface area contributed by atoms with Gasteiger partial charge in [-0.1, -0.05) is 11.6 Å². The van der Waals surface area contributed by atoms with Gasteiger partial charge in [0, 0.05) is 0 Å². The molecule has 1 aliphatic rings. The zero-order chi connectivity index (χ0) is 5.71. The molecule has 0 aromatic rings. The molecule has 4 heteroatoms. The Bertz CT molecular complexity index is 86.4. The molecule has 1 radical (unpaired) electrons. The zero-order valence-electron chi connectivity index (χ0n) is 3.09. The Kier molecular flexibility index (Phi) is 0.684. The second-order valence-corrected chi connectivity index (χ2v) is 1.94. The molecule has 1 saturated carbocycles. The average Bonchev–Trinajstić information content (AvgIpc) is 1.63. The fraction of sp³-hybridized carbons (Fsp3) is 0.667. The van der Waals surface area contributed by atoms with Crippen LogP contribution in [0.5, 0.6) is 0 Å². The van der Waals surface area contributed by atoms with Crippen molar-refractivity contribution in [2.75, 3.05) is 0 Å². The molecule has 0 saturated heterocycles. The standard InChI is InChI=1S/C3HClF3/c4-2(5)1-3(2,6)7/h1H. The van der Waals surface area contributed by atoms with Crippen molar-refractivity contribution in [3.8, 4) is 0 Å². The lowest BCUT2D eigenvalue weighted by Gasteiger charge is -1.89. The van der Waals surface area contributed by atoms with E-state index >= 15 is 0 Å². The van der Waals surface area contributed by atoms with E-state index in [0.717, 1.165) is 0 Å². The van der Waals surface area contributed by atoms with Crippen molar-refractivity contribution in [2.45, 2.75) is 11.1 Å². The van der Waals surface area contributed by atoms with Gasteiger partial charge in [-0.3, -0.25) is 0 Å². The molecular formula is C3HClF3. The molecule has 0 spiro atoms. The molecule has 0 aliphatic heterocycles. The van der Waals surface area contributed by atoms with E-state index in [0.29, 0.717) is 0 Å². The van der Waals surface area contributed by atoms with Crippen molar-refractivity contribution in [3.63, 3.8) is 0 Å². The second kappa shape index (κ2) is 0.917. The summed E-state index contributed by atoms with van der Waals surface area (Å²) in [5.41, 5.74) is 0. The molecule has 0 heterocycles. The van der Waals surface area contributed by atoms with Crippen molar-refractivity contribution in [1.82, 2.24) is 0 Å². The van der Waals surface area contributed by atoms with E-state index in [1.165, 1.54) is 0 Å². The molecule has 0 aromatic carbocycles. The number of hydrogen-bond acceptors (Lipinski definition) is 0. The van der Waals surface area contributed by atoms with Crippen LogP contribution in [0, 0.1) is 6.42 Å². The van der Waals surface area contributed by atoms with Gasteiger partial charge in [0.2, 0.25) is 0 Å². The molecule has 0 aromatic heterocycles. The summed E-state index contributed by atoms with van der Waals surface area (Å²) in [6.07, 6.45) is 0.140. The molecule has 7 heavy (non-hydrogen) atoms. The summed E-state index contributed by atoms with van der Waals surface area (Å²) in [5, 5.41) is -2.84. The van der Waals surface area contributed by atoms with E-state index in [4.69, 9.17) is 0 Å². The number of hydrogen-bond donors (Lipinski definition) is 0. The van der Waals surface area contributed by atoms with Gasteiger partial charge in [0.15, 0.2) is 0 Å². The van der Waals surface area contributed by atoms with Crippen LogP contribution in [0.2, 0.25) is 0 Å². The van der Waals surface area contributed by atoms with Crippen LogP contribution in [-0.4, -0.2) is 11.1 Å². The van der Waals surface area contributed by atoms with Crippen LogP contribution in [0.3, 0.4) is 0 Å². The molecule has 1 aliphatic carbocycles. The lowest BCUT2D eigenvalue weighted by molar-refractivity contribution is 0.0798. The maximum absolute atomic E-state index is 11.5. The van der Waals surface area contributed by atoms with Gasteiger partial charge < -0.3 is 0 Å². The first-order valence-electron chi connectivity index (χ1n) is 1.58. The molecule has 1 fully saturated rings. The smallest absolute Gasteiger partial charge is 0.219 e. The SMILES string of the molecule is FC1(F)[CH]C1(F)Cl. The molecule has 41 valence electrons. The first-order valence-corrected chi connectivity index (χ1v) is 1.96. The largest absolute Gasteiger partial charge is 0.303 e. The van der Waals surface area contributed by atoms with Crippen molar-refractivity contribution in [2.24, 2.45) is 0 Å². The van der Waals surface area contributed by atoms with Crippen LogP contribution in [0.15, 0.2) is 0 Å². The van der Waals surface area contributed by atoms with E-state index in [1.807, 2.05) is 0 Å². The molecule has 1 unspecified atom stereocenters. The lowest BCUT2D eigenvalue weighted by Crippen LogP contribution is -2.01. The molecule has 0 nitrogen and oxygen atoms in total. The highest BCUT2D eigenvalue weighted by Gasteiger charge is 2.73. The van der Waals surface area contributed by atoms with Crippen molar-refractivity contribution in [3.05, 3.63) is 6.42 Å². The first-order chi connectivity index (χ1) is 2.96. The molecule has 0 amide bonds. The van der Waals surface area contributed by atoms with E-state index < -0.39 is 11.1 Å². The van der Waals surface area contributed by atoms with Gasteiger partial charge in [-0.2, -0.15) is 0 Å². The summed E-state index contributed by atoms with van der Waals surface area (Å²) in [4.78, 5) is 0. The Morgan fingerprint density at radius 2 is 1.43 bits per heavy atom. The highest BCUT2D eigenvalue weighted by atomic mass is 35.5. The highest BCUT2D eigenvalue weighted by Crippen LogP contribution is 2.57. The quantitative estimate of drug-likeness (QED) is 0.437. The highest BCUT2D eigenvalue weighted by molar-refractivity contribution is 6.27. The summed E-state index contributed by atoms with van der Waals surface area (Å²) < 4.78 is 34.2.